The van der Waals surface area contributed by atoms with Crippen molar-refractivity contribution in [1.29, 1.82) is 0 Å². The van der Waals surface area contributed by atoms with Crippen LogP contribution in [0.15, 0.2) is 18.2 Å². The lowest BCUT2D eigenvalue weighted by molar-refractivity contribution is 0.0808. The van der Waals surface area contributed by atoms with Crippen molar-refractivity contribution in [3.8, 4) is 0 Å². The van der Waals surface area contributed by atoms with E-state index in [1.807, 2.05) is 13.8 Å². The zero-order valence-electron chi connectivity index (χ0n) is 9.67. The normalized spacial score (nSPS) is 19.9. The van der Waals surface area contributed by atoms with Gasteiger partial charge in [-0.3, -0.25) is 0 Å². The highest BCUT2D eigenvalue weighted by atomic mass is 16.3. The quantitative estimate of drug-likeness (QED) is 0.777. The van der Waals surface area contributed by atoms with Gasteiger partial charge in [0.25, 0.3) is 0 Å². The third-order valence-corrected chi connectivity index (χ3v) is 2.81. The maximum atomic E-state index is 9.85. The van der Waals surface area contributed by atoms with Crippen LogP contribution in [0, 0.1) is 0 Å². The van der Waals surface area contributed by atoms with Crippen molar-refractivity contribution in [2.24, 2.45) is 0 Å². The third kappa shape index (κ3) is 2.32. The number of hydrogen-bond acceptors (Lipinski definition) is 2. The fourth-order valence-electron chi connectivity index (χ4n) is 2.27. The van der Waals surface area contributed by atoms with Gasteiger partial charge in [0, 0.05) is 18.2 Å². The van der Waals surface area contributed by atoms with Crippen molar-refractivity contribution in [3.05, 3.63) is 29.3 Å². The molecule has 1 atom stereocenters. The lowest BCUT2D eigenvalue weighted by atomic mass is 9.93. The first-order chi connectivity index (χ1) is 6.96. The Bertz CT molecular complexity index is 365. The molecule has 1 heterocycles. The van der Waals surface area contributed by atoms with Crippen LogP contribution in [0.5, 0.6) is 0 Å². The third-order valence-electron chi connectivity index (χ3n) is 2.81. The SMILES string of the molecule is CC1Cc2c(CC(C)(C)O)cccc2N1. The summed E-state index contributed by atoms with van der Waals surface area (Å²) >= 11 is 0. The van der Waals surface area contributed by atoms with E-state index < -0.39 is 5.60 Å². The second-order valence-corrected chi connectivity index (χ2v) is 5.18. The number of aliphatic hydroxyl groups is 1. The molecule has 2 nitrogen and oxygen atoms in total. The predicted molar refractivity (Wildman–Crippen MR) is 63.2 cm³/mol. The zero-order chi connectivity index (χ0) is 11.1. The largest absolute Gasteiger partial charge is 0.390 e. The van der Waals surface area contributed by atoms with E-state index in [0.717, 1.165) is 12.8 Å². The molecule has 1 aromatic rings. The predicted octanol–water partition coefficient (Wildman–Crippen LogP) is 2.36. The fourth-order valence-corrected chi connectivity index (χ4v) is 2.27. The van der Waals surface area contributed by atoms with Gasteiger partial charge < -0.3 is 10.4 Å². The van der Waals surface area contributed by atoms with Gasteiger partial charge in [0.15, 0.2) is 0 Å². The number of rotatable bonds is 2. The van der Waals surface area contributed by atoms with E-state index in [2.05, 4.69) is 30.4 Å². The summed E-state index contributed by atoms with van der Waals surface area (Å²) < 4.78 is 0. The molecule has 15 heavy (non-hydrogen) atoms. The summed E-state index contributed by atoms with van der Waals surface area (Å²) in [5.74, 6) is 0. The topological polar surface area (TPSA) is 32.3 Å². The lowest BCUT2D eigenvalue weighted by Gasteiger charge is -2.18. The summed E-state index contributed by atoms with van der Waals surface area (Å²) in [7, 11) is 0. The highest BCUT2D eigenvalue weighted by molar-refractivity contribution is 5.59. The summed E-state index contributed by atoms with van der Waals surface area (Å²) in [5.41, 5.74) is 3.27. The average Bonchev–Trinajstić information content (AvgIpc) is 2.43. The van der Waals surface area contributed by atoms with Crippen molar-refractivity contribution >= 4 is 5.69 Å². The van der Waals surface area contributed by atoms with E-state index in [9.17, 15) is 5.11 Å². The molecule has 2 heteroatoms. The number of benzene rings is 1. The minimum Gasteiger partial charge on any atom is -0.390 e. The van der Waals surface area contributed by atoms with Gasteiger partial charge in [-0.2, -0.15) is 0 Å². The van der Waals surface area contributed by atoms with Gasteiger partial charge in [-0.1, -0.05) is 12.1 Å². The molecule has 0 bridgehead atoms. The van der Waals surface area contributed by atoms with Crippen molar-refractivity contribution in [2.45, 2.75) is 45.3 Å². The van der Waals surface area contributed by atoms with Gasteiger partial charge in [-0.25, -0.2) is 0 Å². The summed E-state index contributed by atoms with van der Waals surface area (Å²) in [6, 6.07) is 6.82. The van der Waals surface area contributed by atoms with Crippen LogP contribution in [0.3, 0.4) is 0 Å². The van der Waals surface area contributed by atoms with Crippen LogP contribution in [-0.2, 0) is 12.8 Å². The summed E-state index contributed by atoms with van der Waals surface area (Å²) in [4.78, 5) is 0. The van der Waals surface area contributed by atoms with Crippen LogP contribution in [0.2, 0.25) is 0 Å². The molecule has 0 amide bonds. The maximum absolute atomic E-state index is 9.85. The molecule has 2 rings (SSSR count). The molecule has 0 fully saturated rings. The van der Waals surface area contributed by atoms with Crippen LogP contribution in [0.4, 0.5) is 5.69 Å². The highest BCUT2D eigenvalue weighted by Gasteiger charge is 2.22. The second-order valence-electron chi connectivity index (χ2n) is 5.18. The van der Waals surface area contributed by atoms with Crippen LogP contribution in [-0.4, -0.2) is 16.7 Å². The standard InChI is InChI=1S/C13H19NO/c1-9-7-11-10(8-13(2,3)15)5-4-6-12(11)14-9/h4-6,9,14-15H,7-8H2,1-3H3. The van der Waals surface area contributed by atoms with Crippen molar-refractivity contribution in [3.63, 3.8) is 0 Å². The summed E-state index contributed by atoms with van der Waals surface area (Å²) in [6.45, 7) is 5.91. The van der Waals surface area contributed by atoms with Crippen LogP contribution in [0.25, 0.3) is 0 Å². The first-order valence-corrected chi connectivity index (χ1v) is 5.55. The Kier molecular flexibility index (Phi) is 2.47. The maximum Gasteiger partial charge on any atom is 0.0632 e. The van der Waals surface area contributed by atoms with Gasteiger partial charge in [0.1, 0.15) is 0 Å². The Hall–Kier alpha value is -1.02. The van der Waals surface area contributed by atoms with Crippen molar-refractivity contribution in [2.75, 3.05) is 5.32 Å². The number of nitrogens with one attached hydrogen (secondary N) is 1. The molecule has 1 unspecified atom stereocenters. The van der Waals surface area contributed by atoms with Crippen molar-refractivity contribution < 1.29 is 5.11 Å². The zero-order valence-corrected chi connectivity index (χ0v) is 9.67. The molecule has 82 valence electrons. The Morgan fingerprint density at radius 3 is 2.87 bits per heavy atom. The Morgan fingerprint density at radius 2 is 2.20 bits per heavy atom. The molecule has 2 N–H and O–H groups in total. The molecule has 0 aromatic heterocycles. The molecule has 0 spiro atoms. The van der Waals surface area contributed by atoms with Gasteiger partial charge in [-0.05, 0) is 44.4 Å². The molecular weight excluding hydrogens is 186 g/mol. The van der Waals surface area contributed by atoms with Gasteiger partial charge in [0.2, 0.25) is 0 Å². The molecule has 1 aliphatic heterocycles. The van der Waals surface area contributed by atoms with E-state index in [0.29, 0.717) is 6.04 Å². The highest BCUT2D eigenvalue weighted by Crippen LogP contribution is 2.30. The van der Waals surface area contributed by atoms with Crippen LogP contribution < -0.4 is 5.32 Å². The van der Waals surface area contributed by atoms with E-state index in [-0.39, 0.29) is 0 Å². The van der Waals surface area contributed by atoms with Gasteiger partial charge >= 0.3 is 0 Å². The Balaban J connectivity index is 2.31. The smallest absolute Gasteiger partial charge is 0.0632 e. The van der Waals surface area contributed by atoms with E-state index in [4.69, 9.17) is 0 Å². The fraction of sp³-hybridized carbons (Fsp3) is 0.538. The molecule has 0 radical (unpaired) electrons. The van der Waals surface area contributed by atoms with Crippen LogP contribution >= 0.6 is 0 Å². The summed E-state index contributed by atoms with van der Waals surface area (Å²) in [5, 5.41) is 13.3. The van der Waals surface area contributed by atoms with E-state index in [1.165, 1.54) is 16.8 Å². The molecule has 0 saturated carbocycles. The molecule has 0 aliphatic carbocycles. The number of fused-ring (bicyclic) bond motifs is 1. The lowest BCUT2D eigenvalue weighted by Crippen LogP contribution is -2.22. The first-order valence-electron chi connectivity index (χ1n) is 5.55. The van der Waals surface area contributed by atoms with Gasteiger partial charge in [0.05, 0.1) is 5.60 Å². The first kappa shape index (κ1) is 10.5. The van der Waals surface area contributed by atoms with Crippen molar-refractivity contribution in [1.82, 2.24) is 0 Å². The van der Waals surface area contributed by atoms with E-state index >= 15 is 0 Å². The van der Waals surface area contributed by atoms with E-state index in [1.54, 1.807) is 0 Å². The molecule has 0 saturated heterocycles. The monoisotopic (exact) mass is 205 g/mol. The molecule has 1 aromatic carbocycles. The van der Waals surface area contributed by atoms with Gasteiger partial charge in [-0.15, -0.1) is 0 Å². The Morgan fingerprint density at radius 1 is 1.47 bits per heavy atom. The second kappa shape index (κ2) is 3.53. The molecule has 1 aliphatic rings. The number of anilines is 1. The number of hydrogen-bond donors (Lipinski definition) is 2. The van der Waals surface area contributed by atoms with Crippen LogP contribution in [0.1, 0.15) is 31.9 Å². The Labute approximate surface area is 91.3 Å². The average molecular weight is 205 g/mol. The molecular formula is C13H19NO. The minimum absolute atomic E-state index is 0.517. The minimum atomic E-state index is -0.624. The summed E-state index contributed by atoms with van der Waals surface area (Å²) in [6.07, 6.45) is 1.80.